The first-order valence-corrected chi connectivity index (χ1v) is 11.1. The molecule has 0 nitrogen and oxygen atoms in total. The Labute approximate surface area is 151 Å². The van der Waals surface area contributed by atoms with Gasteiger partial charge in [0.15, 0.2) is 0 Å². The molecule has 0 N–H and O–H groups in total. The van der Waals surface area contributed by atoms with Crippen molar-refractivity contribution in [1.29, 1.82) is 0 Å². The summed E-state index contributed by atoms with van der Waals surface area (Å²) < 4.78 is 4.57. The van der Waals surface area contributed by atoms with Crippen LogP contribution in [0.2, 0.25) is 0 Å². The Hall–Kier alpha value is -2.60. The molecule has 0 aliphatic heterocycles. The zero-order valence-electron chi connectivity index (χ0n) is 13.7. The summed E-state index contributed by atoms with van der Waals surface area (Å²) in [6.07, 6.45) is 0. The third-order valence-electron chi connectivity index (χ3n) is 4.70. The molecule has 5 aromatic rings. The van der Waals surface area contributed by atoms with E-state index >= 15 is 0 Å². The van der Waals surface area contributed by atoms with Gasteiger partial charge in [-0.15, -0.1) is 0 Å². The molecular weight excluding hydrogens is 367 g/mol. The van der Waals surface area contributed by atoms with Crippen molar-refractivity contribution in [3.8, 4) is 15.6 Å². The molecule has 1 heterocycles. The van der Waals surface area contributed by atoms with Crippen molar-refractivity contribution >= 4 is 32.7 Å². The van der Waals surface area contributed by atoms with Gasteiger partial charge in [-0.3, -0.25) is 0 Å². The van der Waals surface area contributed by atoms with Gasteiger partial charge in [0.2, 0.25) is 0 Å². The van der Waals surface area contributed by atoms with Crippen LogP contribution in [0.4, 0.5) is 0 Å². The van der Waals surface area contributed by atoms with E-state index in [1.54, 1.807) is 0 Å². The second kappa shape index (κ2) is 6.04. The first-order valence-electron chi connectivity index (χ1n) is 8.51. The summed E-state index contributed by atoms with van der Waals surface area (Å²) in [6.45, 7) is 0. The Balaban J connectivity index is 1.92. The fraction of sp³-hybridized carbons (Fsp3) is 0. The molecule has 4 aromatic carbocycles. The SMILES string of the molecule is c1ccc(-c2ccccc2-[se+]2c3ccccc3c3ccccc32)cc1. The van der Waals surface area contributed by atoms with Crippen molar-refractivity contribution in [1.82, 2.24) is 0 Å². The number of hydrogen-bond donors (Lipinski definition) is 0. The Morgan fingerprint density at radius 2 is 0.960 bits per heavy atom. The molecule has 0 atom stereocenters. The average Bonchev–Trinajstić information content (AvgIpc) is 3.03. The van der Waals surface area contributed by atoms with Crippen molar-refractivity contribution in [3.63, 3.8) is 0 Å². The first-order chi connectivity index (χ1) is 12.4. The van der Waals surface area contributed by atoms with E-state index in [2.05, 4.69) is 103 Å². The van der Waals surface area contributed by atoms with E-state index in [9.17, 15) is 0 Å². The Kier molecular flexibility index (Phi) is 3.56. The molecule has 1 heteroatoms. The predicted molar refractivity (Wildman–Crippen MR) is 110 cm³/mol. The number of fused-ring (bicyclic) bond motifs is 3. The van der Waals surface area contributed by atoms with Crippen LogP contribution < -0.4 is 0 Å². The second-order valence-corrected chi connectivity index (χ2v) is 10.2. The predicted octanol–water partition coefficient (Wildman–Crippen LogP) is 6.39. The molecule has 0 bridgehead atoms. The second-order valence-electron chi connectivity index (χ2n) is 6.16. The van der Waals surface area contributed by atoms with Gasteiger partial charge in [-0.1, -0.05) is 0 Å². The summed E-state index contributed by atoms with van der Waals surface area (Å²) in [5, 5.41) is 2.84. The maximum absolute atomic E-state index is 2.34. The van der Waals surface area contributed by atoms with Gasteiger partial charge in [-0.2, -0.15) is 0 Å². The van der Waals surface area contributed by atoms with Crippen LogP contribution in [0.5, 0.6) is 0 Å². The zero-order valence-corrected chi connectivity index (χ0v) is 15.4. The van der Waals surface area contributed by atoms with Gasteiger partial charge in [0.1, 0.15) is 0 Å². The van der Waals surface area contributed by atoms with Gasteiger partial charge in [0.05, 0.1) is 0 Å². The summed E-state index contributed by atoms with van der Waals surface area (Å²) in [5.41, 5.74) is 2.68. The minimum absolute atomic E-state index is 1.27. The topological polar surface area (TPSA) is 0 Å². The Bertz CT molecular complexity index is 1130. The van der Waals surface area contributed by atoms with E-state index in [0.29, 0.717) is 0 Å². The molecule has 0 radical (unpaired) electrons. The van der Waals surface area contributed by atoms with Crippen molar-refractivity contribution in [2.75, 3.05) is 0 Å². The monoisotopic (exact) mass is 385 g/mol. The van der Waals surface area contributed by atoms with Crippen LogP contribution in [-0.4, -0.2) is 13.4 Å². The fourth-order valence-electron chi connectivity index (χ4n) is 3.59. The van der Waals surface area contributed by atoms with Crippen molar-refractivity contribution < 1.29 is 0 Å². The molecule has 0 fully saturated rings. The van der Waals surface area contributed by atoms with E-state index in [1.807, 2.05) is 0 Å². The zero-order chi connectivity index (χ0) is 16.6. The molecule has 0 aliphatic carbocycles. The van der Waals surface area contributed by atoms with Gasteiger partial charge < -0.3 is 0 Å². The van der Waals surface area contributed by atoms with E-state index in [0.717, 1.165) is 0 Å². The third-order valence-corrected chi connectivity index (χ3v) is 9.70. The van der Waals surface area contributed by atoms with Crippen LogP contribution in [0.15, 0.2) is 103 Å². The molecule has 25 heavy (non-hydrogen) atoms. The normalized spacial score (nSPS) is 11.2. The molecule has 0 amide bonds. The molecule has 0 saturated carbocycles. The van der Waals surface area contributed by atoms with Crippen molar-refractivity contribution in [2.45, 2.75) is 0 Å². The standard InChI is InChI=1S/C24H17Se/c1-2-10-18(11-3-1)19-12-4-7-15-22(19)25-23-16-8-5-13-20(23)21-14-6-9-17-24(21)25/h1-17H/q+1. The molecule has 1 aromatic heterocycles. The van der Waals surface area contributed by atoms with Crippen LogP contribution in [-0.2, 0) is 0 Å². The van der Waals surface area contributed by atoms with Gasteiger partial charge in [-0.25, -0.2) is 0 Å². The first kappa shape index (κ1) is 14.7. The van der Waals surface area contributed by atoms with E-state index < -0.39 is 13.4 Å². The van der Waals surface area contributed by atoms with Gasteiger partial charge in [-0.05, 0) is 0 Å². The van der Waals surface area contributed by atoms with Gasteiger partial charge >= 0.3 is 151 Å². The van der Waals surface area contributed by atoms with Crippen LogP contribution in [0.1, 0.15) is 0 Å². The number of hydrogen-bond acceptors (Lipinski definition) is 0. The summed E-state index contributed by atoms with van der Waals surface area (Å²) in [6, 6.07) is 37.7. The van der Waals surface area contributed by atoms with Crippen LogP contribution in [0, 0.1) is 0 Å². The Morgan fingerprint density at radius 3 is 1.64 bits per heavy atom. The van der Waals surface area contributed by atoms with Crippen LogP contribution in [0.3, 0.4) is 0 Å². The maximum atomic E-state index is 2.34. The molecule has 0 unspecified atom stereocenters. The van der Waals surface area contributed by atoms with E-state index in [4.69, 9.17) is 0 Å². The van der Waals surface area contributed by atoms with Crippen LogP contribution >= 0.6 is 0 Å². The van der Waals surface area contributed by atoms with Crippen LogP contribution in [0.25, 0.3) is 34.9 Å². The van der Waals surface area contributed by atoms with E-state index in [1.165, 1.54) is 34.9 Å². The molecule has 0 saturated heterocycles. The van der Waals surface area contributed by atoms with E-state index in [-0.39, 0.29) is 0 Å². The summed E-state index contributed by atoms with van der Waals surface area (Å²) >= 11 is -1.27. The van der Waals surface area contributed by atoms with Gasteiger partial charge in [0, 0.05) is 0 Å². The molecule has 0 spiro atoms. The quantitative estimate of drug-likeness (QED) is 0.309. The molecule has 118 valence electrons. The van der Waals surface area contributed by atoms with Gasteiger partial charge in [0.25, 0.3) is 0 Å². The molecule has 5 rings (SSSR count). The molecule has 0 aliphatic rings. The summed E-state index contributed by atoms with van der Waals surface area (Å²) in [4.78, 5) is 0. The molecular formula is C24H17Se+. The fourth-order valence-corrected chi connectivity index (χ4v) is 8.95. The average molecular weight is 384 g/mol. The summed E-state index contributed by atoms with van der Waals surface area (Å²) in [7, 11) is 0. The number of benzene rings is 4. The Morgan fingerprint density at radius 1 is 0.440 bits per heavy atom. The third kappa shape index (κ3) is 2.36. The number of rotatable bonds is 2. The minimum atomic E-state index is -1.27. The van der Waals surface area contributed by atoms with Crippen molar-refractivity contribution in [2.24, 2.45) is 0 Å². The summed E-state index contributed by atoms with van der Waals surface area (Å²) in [5.74, 6) is 0. The van der Waals surface area contributed by atoms with Crippen molar-refractivity contribution in [3.05, 3.63) is 103 Å².